The molecular weight excluding hydrogens is 244 g/mol. The van der Waals surface area contributed by atoms with E-state index in [0.29, 0.717) is 5.88 Å². The Morgan fingerprint density at radius 1 is 1.47 bits per heavy atom. The largest absolute Gasteiger partial charge is 0.475 e. The van der Waals surface area contributed by atoms with Crippen molar-refractivity contribution in [3.8, 4) is 5.88 Å². The lowest BCUT2D eigenvalue weighted by molar-refractivity contribution is -0.0952. The van der Waals surface area contributed by atoms with Gasteiger partial charge in [-0.25, -0.2) is 0 Å². The van der Waals surface area contributed by atoms with Gasteiger partial charge in [0.2, 0.25) is 11.8 Å². The summed E-state index contributed by atoms with van der Waals surface area (Å²) in [6, 6.07) is 1.82. The predicted octanol–water partition coefficient (Wildman–Crippen LogP) is 1.32. The summed E-state index contributed by atoms with van der Waals surface area (Å²) in [5.41, 5.74) is 5.92. The van der Waals surface area contributed by atoms with Gasteiger partial charge >= 0.3 is 0 Å². The Morgan fingerprint density at radius 3 is 2.68 bits per heavy atom. The molecule has 0 atom stereocenters. The van der Waals surface area contributed by atoms with Crippen molar-refractivity contribution in [2.45, 2.75) is 26.9 Å². The van der Waals surface area contributed by atoms with Gasteiger partial charge in [0.15, 0.2) is 0 Å². The first kappa shape index (κ1) is 13.9. The Labute approximate surface area is 113 Å². The van der Waals surface area contributed by atoms with E-state index < -0.39 is 0 Å². The molecule has 0 unspecified atom stereocenters. The van der Waals surface area contributed by atoms with Crippen LogP contribution in [-0.4, -0.2) is 42.9 Å². The van der Waals surface area contributed by atoms with Crippen molar-refractivity contribution < 1.29 is 9.47 Å². The summed E-state index contributed by atoms with van der Waals surface area (Å²) in [5.74, 6) is 1.52. The molecule has 6 heteroatoms. The Kier molecular flexibility index (Phi) is 3.80. The second-order valence-electron chi connectivity index (χ2n) is 5.75. The Balaban J connectivity index is 2.11. The van der Waals surface area contributed by atoms with Crippen LogP contribution in [0.2, 0.25) is 0 Å². The van der Waals surface area contributed by atoms with Crippen LogP contribution in [0.4, 0.5) is 11.8 Å². The van der Waals surface area contributed by atoms with Gasteiger partial charge in [-0.05, 0) is 13.8 Å². The zero-order valence-corrected chi connectivity index (χ0v) is 12.0. The SMILES string of the molecule is CC(C)Oc1cc(N(C)CC2(C)COC2)nc(N)n1. The molecule has 2 N–H and O–H groups in total. The lowest BCUT2D eigenvalue weighted by atomic mass is 9.88. The molecule has 6 nitrogen and oxygen atoms in total. The van der Waals surface area contributed by atoms with Crippen molar-refractivity contribution in [2.24, 2.45) is 5.41 Å². The number of nitrogen functional groups attached to an aromatic ring is 1. The summed E-state index contributed by atoms with van der Waals surface area (Å²) in [5, 5.41) is 0. The third kappa shape index (κ3) is 3.47. The van der Waals surface area contributed by atoms with Crippen LogP contribution >= 0.6 is 0 Å². The molecule has 1 aromatic heterocycles. The highest BCUT2D eigenvalue weighted by molar-refractivity contribution is 5.45. The van der Waals surface area contributed by atoms with Crippen molar-refractivity contribution in [1.82, 2.24) is 9.97 Å². The van der Waals surface area contributed by atoms with Crippen LogP contribution in [0.25, 0.3) is 0 Å². The van der Waals surface area contributed by atoms with E-state index in [4.69, 9.17) is 15.2 Å². The zero-order chi connectivity index (χ0) is 14.0. The molecule has 0 radical (unpaired) electrons. The van der Waals surface area contributed by atoms with E-state index in [1.165, 1.54) is 0 Å². The molecule has 2 rings (SSSR count). The molecule has 1 aliphatic rings. The molecule has 19 heavy (non-hydrogen) atoms. The van der Waals surface area contributed by atoms with Gasteiger partial charge in [0, 0.05) is 25.1 Å². The van der Waals surface area contributed by atoms with Gasteiger partial charge < -0.3 is 20.1 Å². The summed E-state index contributed by atoms with van der Waals surface area (Å²) in [6.45, 7) is 8.54. The predicted molar refractivity (Wildman–Crippen MR) is 74.4 cm³/mol. The van der Waals surface area contributed by atoms with Crippen LogP contribution < -0.4 is 15.4 Å². The van der Waals surface area contributed by atoms with Gasteiger partial charge in [0.1, 0.15) is 5.82 Å². The van der Waals surface area contributed by atoms with Crippen LogP contribution in [0, 0.1) is 5.41 Å². The standard InChI is InChI=1S/C13H22N4O2/c1-9(2)19-11-5-10(15-12(14)16-11)17(4)6-13(3)7-18-8-13/h5,9H,6-8H2,1-4H3,(H2,14,15,16). The van der Waals surface area contributed by atoms with Gasteiger partial charge in [0.05, 0.1) is 19.3 Å². The Morgan fingerprint density at radius 2 is 2.16 bits per heavy atom. The van der Waals surface area contributed by atoms with Crippen molar-refractivity contribution in [2.75, 3.05) is 37.4 Å². The maximum atomic E-state index is 5.73. The third-order valence-corrected chi connectivity index (χ3v) is 2.97. The van der Waals surface area contributed by atoms with Gasteiger partial charge in [-0.3, -0.25) is 0 Å². The number of nitrogens with zero attached hydrogens (tertiary/aromatic N) is 3. The van der Waals surface area contributed by atoms with E-state index in [-0.39, 0.29) is 17.5 Å². The van der Waals surface area contributed by atoms with Gasteiger partial charge in [-0.2, -0.15) is 9.97 Å². The van der Waals surface area contributed by atoms with E-state index in [2.05, 4.69) is 21.8 Å². The number of anilines is 2. The van der Waals surface area contributed by atoms with Crippen molar-refractivity contribution >= 4 is 11.8 Å². The molecular formula is C13H22N4O2. The first-order valence-corrected chi connectivity index (χ1v) is 6.48. The number of rotatable bonds is 5. The van der Waals surface area contributed by atoms with Crippen LogP contribution in [0.5, 0.6) is 5.88 Å². The summed E-state index contributed by atoms with van der Waals surface area (Å²) in [4.78, 5) is 10.4. The van der Waals surface area contributed by atoms with Gasteiger partial charge in [-0.1, -0.05) is 6.92 Å². The Hall–Kier alpha value is -1.56. The van der Waals surface area contributed by atoms with E-state index in [0.717, 1.165) is 25.6 Å². The molecule has 0 bridgehead atoms. The molecule has 106 valence electrons. The third-order valence-electron chi connectivity index (χ3n) is 2.97. The molecule has 0 aromatic carbocycles. The second kappa shape index (κ2) is 5.21. The highest BCUT2D eigenvalue weighted by atomic mass is 16.5. The molecule has 0 aliphatic carbocycles. The van der Waals surface area contributed by atoms with Crippen molar-refractivity contribution in [3.63, 3.8) is 0 Å². The summed E-state index contributed by atoms with van der Waals surface area (Å²) in [6.07, 6.45) is 0.0602. The fourth-order valence-corrected chi connectivity index (χ4v) is 2.12. The van der Waals surface area contributed by atoms with E-state index in [9.17, 15) is 0 Å². The molecule has 1 aromatic rings. The number of ether oxygens (including phenoxy) is 2. The summed E-state index contributed by atoms with van der Waals surface area (Å²) < 4.78 is 10.8. The monoisotopic (exact) mass is 266 g/mol. The quantitative estimate of drug-likeness (QED) is 0.866. The fourth-order valence-electron chi connectivity index (χ4n) is 2.12. The first-order chi connectivity index (χ1) is 8.88. The maximum Gasteiger partial charge on any atom is 0.225 e. The van der Waals surface area contributed by atoms with Crippen LogP contribution in [0.3, 0.4) is 0 Å². The minimum absolute atomic E-state index is 0.0602. The molecule has 2 heterocycles. The highest BCUT2D eigenvalue weighted by Crippen LogP contribution is 2.29. The zero-order valence-electron chi connectivity index (χ0n) is 12.0. The normalized spacial score (nSPS) is 17.1. The molecule has 1 saturated heterocycles. The topological polar surface area (TPSA) is 73.5 Å². The molecule has 0 amide bonds. The molecule has 1 aliphatic heterocycles. The lowest BCUT2D eigenvalue weighted by Gasteiger charge is -2.41. The number of hydrogen-bond acceptors (Lipinski definition) is 6. The molecule has 0 saturated carbocycles. The fraction of sp³-hybridized carbons (Fsp3) is 0.692. The van der Waals surface area contributed by atoms with Crippen LogP contribution in [0.15, 0.2) is 6.07 Å². The van der Waals surface area contributed by atoms with Crippen molar-refractivity contribution in [1.29, 1.82) is 0 Å². The first-order valence-electron chi connectivity index (χ1n) is 6.48. The average Bonchev–Trinajstić information content (AvgIpc) is 2.25. The van der Waals surface area contributed by atoms with Crippen LogP contribution in [0.1, 0.15) is 20.8 Å². The number of hydrogen-bond donors (Lipinski definition) is 1. The minimum Gasteiger partial charge on any atom is -0.475 e. The molecule has 1 fully saturated rings. The van der Waals surface area contributed by atoms with E-state index in [1.807, 2.05) is 27.0 Å². The summed E-state index contributed by atoms with van der Waals surface area (Å²) in [7, 11) is 1.99. The summed E-state index contributed by atoms with van der Waals surface area (Å²) >= 11 is 0. The Bertz CT molecular complexity index is 446. The van der Waals surface area contributed by atoms with Gasteiger partial charge in [0.25, 0.3) is 0 Å². The van der Waals surface area contributed by atoms with E-state index >= 15 is 0 Å². The number of aromatic nitrogens is 2. The smallest absolute Gasteiger partial charge is 0.225 e. The van der Waals surface area contributed by atoms with Crippen molar-refractivity contribution in [3.05, 3.63) is 6.07 Å². The highest BCUT2D eigenvalue weighted by Gasteiger charge is 2.34. The number of nitrogens with two attached hydrogens (primary N) is 1. The maximum absolute atomic E-state index is 5.73. The second-order valence-corrected chi connectivity index (χ2v) is 5.75. The minimum atomic E-state index is 0.0602. The molecule has 0 spiro atoms. The average molecular weight is 266 g/mol. The lowest BCUT2D eigenvalue weighted by Crippen LogP contribution is -2.48. The van der Waals surface area contributed by atoms with Crippen LogP contribution in [-0.2, 0) is 4.74 Å². The van der Waals surface area contributed by atoms with Gasteiger partial charge in [-0.15, -0.1) is 0 Å². The van der Waals surface area contributed by atoms with E-state index in [1.54, 1.807) is 0 Å².